The quantitative estimate of drug-likeness (QED) is 0.794. The zero-order chi connectivity index (χ0) is 14.4. The molecule has 0 radical (unpaired) electrons. The van der Waals surface area contributed by atoms with Crippen LogP contribution in [0.5, 0.6) is 0 Å². The normalized spacial score (nSPS) is 9.76. The van der Waals surface area contributed by atoms with E-state index in [1.807, 2.05) is 24.3 Å². The second kappa shape index (κ2) is 8.29. The molecule has 0 aliphatic rings. The third-order valence-corrected chi connectivity index (χ3v) is 3.00. The average molecular weight is 306 g/mol. The van der Waals surface area contributed by atoms with Crippen LogP contribution in [0.3, 0.4) is 0 Å². The minimum Gasteiger partial charge on any atom is -0.351 e. The average Bonchev–Trinajstić information content (AvgIpc) is 2.42. The van der Waals surface area contributed by atoms with Gasteiger partial charge in [-0.25, -0.2) is 4.79 Å². The van der Waals surface area contributed by atoms with Crippen molar-refractivity contribution in [2.45, 2.75) is 20.0 Å². The van der Waals surface area contributed by atoms with Crippen LogP contribution in [0.15, 0.2) is 48.5 Å². The van der Waals surface area contributed by atoms with Gasteiger partial charge in [-0.05, 0) is 30.2 Å². The Morgan fingerprint density at radius 1 is 0.952 bits per heavy atom. The number of aryl methyl sites for hydroxylation is 1. The van der Waals surface area contributed by atoms with Gasteiger partial charge in [0.25, 0.3) is 0 Å². The fraction of sp³-hybridized carbons (Fsp3) is 0.188. The summed E-state index contributed by atoms with van der Waals surface area (Å²) in [6.07, 6.45) is 0. The van der Waals surface area contributed by atoms with Crippen molar-refractivity contribution in [1.82, 2.24) is 5.32 Å². The summed E-state index contributed by atoms with van der Waals surface area (Å²) in [6, 6.07) is 15.5. The largest absolute Gasteiger partial charge is 0.351 e. The molecule has 0 spiro atoms. The van der Waals surface area contributed by atoms with Crippen LogP contribution in [0.25, 0.3) is 0 Å². The molecule has 2 amide bonds. The van der Waals surface area contributed by atoms with Crippen LogP contribution in [0.4, 0.5) is 10.5 Å². The van der Waals surface area contributed by atoms with Crippen LogP contribution in [0.2, 0.25) is 0 Å². The Balaban J connectivity index is 0.00000220. The van der Waals surface area contributed by atoms with Crippen LogP contribution in [0, 0.1) is 6.92 Å². The van der Waals surface area contributed by atoms with Gasteiger partial charge in [0.05, 0.1) is 0 Å². The smallest absolute Gasteiger partial charge is 0.316 e. The van der Waals surface area contributed by atoms with Gasteiger partial charge in [0, 0.05) is 18.8 Å². The van der Waals surface area contributed by atoms with Crippen molar-refractivity contribution in [2.24, 2.45) is 5.73 Å². The molecule has 0 saturated carbocycles. The highest BCUT2D eigenvalue weighted by molar-refractivity contribution is 5.87. The van der Waals surface area contributed by atoms with E-state index in [4.69, 9.17) is 5.73 Å². The Morgan fingerprint density at radius 2 is 1.43 bits per heavy atom. The third-order valence-electron chi connectivity index (χ3n) is 3.00. The van der Waals surface area contributed by atoms with Gasteiger partial charge in [0.15, 0.2) is 0 Å². The number of rotatable bonds is 5. The topological polar surface area (TPSA) is 67.2 Å². The number of hydrogen-bond donors (Lipinski definition) is 3. The predicted molar refractivity (Wildman–Crippen MR) is 88.6 cm³/mol. The van der Waals surface area contributed by atoms with Gasteiger partial charge in [-0.2, -0.15) is 0 Å². The Bertz CT molecular complexity index is 567. The van der Waals surface area contributed by atoms with E-state index in [9.17, 15) is 4.79 Å². The Labute approximate surface area is 131 Å². The van der Waals surface area contributed by atoms with Crippen molar-refractivity contribution in [1.29, 1.82) is 0 Å². The lowest BCUT2D eigenvalue weighted by atomic mass is 10.1. The van der Waals surface area contributed by atoms with Crippen molar-refractivity contribution in [3.8, 4) is 0 Å². The molecule has 21 heavy (non-hydrogen) atoms. The summed E-state index contributed by atoms with van der Waals surface area (Å²) in [5.74, 6) is 0. The summed E-state index contributed by atoms with van der Waals surface area (Å²) in [7, 11) is 0. The van der Waals surface area contributed by atoms with Crippen molar-refractivity contribution < 1.29 is 4.79 Å². The molecule has 5 heteroatoms. The zero-order valence-electron chi connectivity index (χ0n) is 11.9. The van der Waals surface area contributed by atoms with E-state index in [0.717, 1.165) is 18.7 Å². The van der Waals surface area contributed by atoms with Gasteiger partial charge in [-0.15, -0.1) is 12.4 Å². The van der Waals surface area contributed by atoms with Crippen molar-refractivity contribution in [3.63, 3.8) is 0 Å². The Morgan fingerprint density at radius 3 is 1.90 bits per heavy atom. The molecule has 0 aliphatic heterocycles. The fourth-order valence-corrected chi connectivity index (χ4v) is 1.91. The number of urea groups is 1. The van der Waals surface area contributed by atoms with Gasteiger partial charge in [0.2, 0.25) is 0 Å². The number of primary amides is 1. The van der Waals surface area contributed by atoms with E-state index in [1.54, 1.807) is 0 Å². The SMILES string of the molecule is Cc1ccc(CNCc2ccc(NC(N)=O)cc2)cc1.Cl. The Kier molecular flexibility index (Phi) is 6.72. The maximum atomic E-state index is 10.7. The zero-order valence-corrected chi connectivity index (χ0v) is 12.7. The summed E-state index contributed by atoms with van der Waals surface area (Å²) < 4.78 is 0. The lowest BCUT2D eigenvalue weighted by molar-refractivity contribution is 0.259. The lowest BCUT2D eigenvalue weighted by Gasteiger charge is -2.07. The number of nitrogens with one attached hydrogen (secondary N) is 2. The number of halogens is 1. The molecular weight excluding hydrogens is 286 g/mol. The van der Waals surface area contributed by atoms with Crippen LogP contribution in [-0.4, -0.2) is 6.03 Å². The number of benzene rings is 2. The lowest BCUT2D eigenvalue weighted by Crippen LogP contribution is -2.19. The second-order valence-corrected chi connectivity index (χ2v) is 4.78. The molecule has 0 atom stereocenters. The standard InChI is InChI=1S/C16H19N3O.ClH/c1-12-2-4-13(5-3-12)10-18-11-14-6-8-15(9-7-14)19-16(17)20;/h2-9,18H,10-11H2,1H3,(H3,17,19,20);1H. The number of nitrogens with two attached hydrogens (primary N) is 1. The van der Waals surface area contributed by atoms with E-state index in [0.29, 0.717) is 5.69 Å². The number of carbonyl (C=O) groups is 1. The highest BCUT2D eigenvalue weighted by Gasteiger charge is 1.97. The summed E-state index contributed by atoms with van der Waals surface area (Å²) >= 11 is 0. The van der Waals surface area contributed by atoms with Gasteiger partial charge in [0.1, 0.15) is 0 Å². The molecule has 0 saturated heterocycles. The van der Waals surface area contributed by atoms with Crippen molar-refractivity contribution in [2.75, 3.05) is 5.32 Å². The molecule has 4 nitrogen and oxygen atoms in total. The van der Waals surface area contributed by atoms with Crippen LogP contribution < -0.4 is 16.4 Å². The Hall–Kier alpha value is -2.04. The second-order valence-electron chi connectivity index (χ2n) is 4.78. The van der Waals surface area contributed by atoms with E-state index in [2.05, 4.69) is 41.8 Å². The first-order valence-electron chi connectivity index (χ1n) is 6.55. The molecule has 0 aromatic heterocycles. The third kappa shape index (κ3) is 5.85. The number of hydrogen-bond acceptors (Lipinski definition) is 2. The van der Waals surface area contributed by atoms with Crippen molar-refractivity contribution in [3.05, 3.63) is 65.2 Å². The molecule has 0 unspecified atom stereocenters. The maximum absolute atomic E-state index is 10.7. The van der Waals surface area contributed by atoms with E-state index in [-0.39, 0.29) is 12.4 Å². The number of carbonyl (C=O) groups excluding carboxylic acids is 1. The predicted octanol–water partition coefficient (Wildman–Crippen LogP) is 3.20. The fourth-order valence-electron chi connectivity index (χ4n) is 1.91. The highest BCUT2D eigenvalue weighted by Crippen LogP contribution is 2.09. The van der Waals surface area contributed by atoms with E-state index >= 15 is 0 Å². The molecule has 0 fully saturated rings. The minimum absolute atomic E-state index is 0. The molecule has 0 bridgehead atoms. The number of amides is 2. The summed E-state index contributed by atoms with van der Waals surface area (Å²) in [5.41, 5.74) is 9.46. The van der Waals surface area contributed by atoms with Crippen LogP contribution in [0.1, 0.15) is 16.7 Å². The molecule has 2 aromatic carbocycles. The summed E-state index contributed by atoms with van der Waals surface area (Å²) in [4.78, 5) is 10.7. The van der Waals surface area contributed by atoms with E-state index in [1.165, 1.54) is 11.1 Å². The van der Waals surface area contributed by atoms with Gasteiger partial charge in [-0.3, -0.25) is 0 Å². The first-order chi connectivity index (χ1) is 9.63. The maximum Gasteiger partial charge on any atom is 0.316 e. The molecular formula is C16H20ClN3O. The van der Waals surface area contributed by atoms with Crippen molar-refractivity contribution >= 4 is 24.1 Å². The summed E-state index contributed by atoms with van der Waals surface area (Å²) in [6.45, 7) is 3.70. The number of anilines is 1. The van der Waals surface area contributed by atoms with Gasteiger partial charge in [-0.1, -0.05) is 42.0 Å². The van der Waals surface area contributed by atoms with Crippen LogP contribution >= 0.6 is 12.4 Å². The van der Waals surface area contributed by atoms with E-state index < -0.39 is 6.03 Å². The molecule has 2 rings (SSSR count). The molecule has 4 N–H and O–H groups in total. The monoisotopic (exact) mass is 305 g/mol. The summed E-state index contributed by atoms with van der Waals surface area (Å²) in [5, 5.41) is 5.92. The minimum atomic E-state index is -0.546. The van der Waals surface area contributed by atoms with Gasteiger partial charge >= 0.3 is 6.03 Å². The first-order valence-corrected chi connectivity index (χ1v) is 6.55. The molecule has 0 aliphatic carbocycles. The molecule has 2 aromatic rings. The molecule has 112 valence electrons. The van der Waals surface area contributed by atoms with Gasteiger partial charge < -0.3 is 16.4 Å². The van der Waals surface area contributed by atoms with Crippen LogP contribution in [-0.2, 0) is 13.1 Å². The highest BCUT2D eigenvalue weighted by atomic mass is 35.5. The first kappa shape index (κ1) is 17.0. The molecule has 0 heterocycles.